The molecule has 0 bridgehead atoms. The van der Waals surface area contributed by atoms with Crippen molar-refractivity contribution in [1.82, 2.24) is 10.3 Å². The van der Waals surface area contributed by atoms with Crippen LogP contribution in [0.4, 0.5) is 19.0 Å². The number of aromatic nitrogens is 1. The van der Waals surface area contributed by atoms with Gasteiger partial charge in [-0.05, 0) is 49.2 Å². The molecule has 1 aliphatic heterocycles. The van der Waals surface area contributed by atoms with Gasteiger partial charge in [-0.25, -0.2) is 4.98 Å². The van der Waals surface area contributed by atoms with Gasteiger partial charge in [-0.1, -0.05) is 12.1 Å². The van der Waals surface area contributed by atoms with E-state index in [-0.39, 0.29) is 23.1 Å². The van der Waals surface area contributed by atoms with E-state index in [1.165, 1.54) is 30.5 Å². The maximum atomic E-state index is 12.9. The van der Waals surface area contributed by atoms with Gasteiger partial charge in [0.2, 0.25) is 0 Å². The molecular weight excluding hydrogens is 421 g/mol. The number of nitriles is 1. The molecule has 0 aliphatic carbocycles. The predicted octanol–water partition coefficient (Wildman–Crippen LogP) is 4.63. The zero-order valence-corrected chi connectivity index (χ0v) is 16.9. The second-order valence-corrected chi connectivity index (χ2v) is 7.49. The smallest absolute Gasteiger partial charge is 0.416 e. The van der Waals surface area contributed by atoms with Gasteiger partial charge in [0.1, 0.15) is 17.6 Å². The van der Waals surface area contributed by atoms with Gasteiger partial charge in [0.15, 0.2) is 5.76 Å². The van der Waals surface area contributed by atoms with Crippen LogP contribution in [-0.4, -0.2) is 30.0 Å². The quantitative estimate of drug-likeness (QED) is 0.640. The third kappa shape index (κ3) is 4.75. The molecule has 1 saturated heterocycles. The monoisotopic (exact) mass is 440 g/mol. The summed E-state index contributed by atoms with van der Waals surface area (Å²) in [6, 6.07) is 13.2. The number of rotatable bonds is 4. The number of pyridine rings is 1. The van der Waals surface area contributed by atoms with E-state index in [2.05, 4.69) is 15.2 Å². The summed E-state index contributed by atoms with van der Waals surface area (Å²) < 4.78 is 44.3. The number of hydrogen-bond donors (Lipinski definition) is 1. The highest BCUT2D eigenvalue weighted by Gasteiger charge is 2.31. The number of anilines is 1. The predicted molar refractivity (Wildman–Crippen MR) is 111 cm³/mol. The molecule has 164 valence electrons. The summed E-state index contributed by atoms with van der Waals surface area (Å²) in [7, 11) is 0. The summed E-state index contributed by atoms with van der Waals surface area (Å²) in [6.07, 6.45) is -1.52. The van der Waals surface area contributed by atoms with Crippen LogP contribution in [0.5, 0.6) is 0 Å². The Morgan fingerprint density at radius 2 is 1.94 bits per heavy atom. The second kappa shape index (κ2) is 8.75. The topological polar surface area (TPSA) is 82.2 Å². The molecule has 1 aromatic carbocycles. The van der Waals surface area contributed by atoms with Gasteiger partial charge in [-0.2, -0.15) is 18.4 Å². The maximum absolute atomic E-state index is 12.9. The number of nitrogens with one attached hydrogen (secondary N) is 1. The lowest BCUT2D eigenvalue weighted by Crippen LogP contribution is -2.44. The van der Waals surface area contributed by atoms with E-state index in [1.54, 1.807) is 12.1 Å². The molecule has 0 spiro atoms. The van der Waals surface area contributed by atoms with Crippen molar-refractivity contribution in [2.24, 2.45) is 0 Å². The molecule has 32 heavy (non-hydrogen) atoms. The molecule has 3 heterocycles. The Bertz CT molecular complexity index is 1140. The van der Waals surface area contributed by atoms with E-state index in [0.717, 1.165) is 18.0 Å². The van der Waals surface area contributed by atoms with Crippen molar-refractivity contribution in [3.05, 3.63) is 71.6 Å². The van der Waals surface area contributed by atoms with E-state index in [0.29, 0.717) is 31.5 Å². The van der Waals surface area contributed by atoms with Gasteiger partial charge < -0.3 is 14.6 Å². The Labute approximate surface area is 182 Å². The van der Waals surface area contributed by atoms with Crippen LogP contribution in [0.25, 0.3) is 11.3 Å². The number of piperidine rings is 1. The lowest BCUT2D eigenvalue weighted by atomic mass is 10.0. The first-order valence-corrected chi connectivity index (χ1v) is 10.0. The summed E-state index contributed by atoms with van der Waals surface area (Å²) in [5.41, 5.74) is -0.0261. The minimum absolute atomic E-state index is 0.0496. The molecule has 1 aliphatic rings. The average Bonchev–Trinajstić information content (AvgIpc) is 3.30. The first kappa shape index (κ1) is 21.4. The minimum Gasteiger partial charge on any atom is -0.451 e. The van der Waals surface area contributed by atoms with Crippen molar-refractivity contribution in [1.29, 1.82) is 5.26 Å². The third-order valence-electron chi connectivity index (χ3n) is 5.34. The van der Waals surface area contributed by atoms with E-state index in [4.69, 9.17) is 9.68 Å². The highest BCUT2D eigenvalue weighted by Crippen LogP contribution is 2.32. The van der Waals surface area contributed by atoms with E-state index >= 15 is 0 Å². The van der Waals surface area contributed by atoms with Crippen LogP contribution >= 0.6 is 0 Å². The summed E-state index contributed by atoms with van der Waals surface area (Å²) in [6.45, 7) is 1.38. The van der Waals surface area contributed by atoms with Crippen LogP contribution in [0.3, 0.4) is 0 Å². The van der Waals surface area contributed by atoms with Crippen LogP contribution < -0.4 is 10.2 Å². The molecule has 0 saturated carbocycles. The van der Waals surface area contributed by atoms with Gasteiger partial charge in [-0.15, -0.1) is 0 Å². The number of benzene rings is 1. The molecule has 0 atom stereocenters. The Kier molecular flexibility index (Phi) is 5.86. The van der Waals surface area contributed by atoms with Gasteiger partial charge in [0.25, 0.3) is 5.91 Å². The van der Waals surface area contributed by atoms with Crippen LogP contribution in [0, 0.1) is 11.3 Å². The van der Waals surface area contributed by atoms with Crippen LogP contribution in [-0.2, 0) is 6.18 Å². The van der Waals surface area contributed by atoms with E-state index < -0.39 is 17.6 Å². The standard InChI is InChI=1S/C23H19F3N4O2/c24-23(25,26)17-3-1-2-16(12-17)19-5-6-20(32-19)22(31)29-18-8-10-30(11-9-18)21-7-4-15(13-27)14-28-21/h1-7,12,14,18H,8-11H2,(H,29,31). The van der Waals surface area contributed by atoms with Gasteiger partial charge in [0, 0.05) is 30.9 Å². The van der Waals surface area contributed by atoms with Crippen LogP contribution in [0.1, 0.15) is 34.5 Å². The first-order chi connectivity index (χ1) is 15.3. The number of alkyl halides is 3. The second-order valence-electron chi connectivity index (χ2n) is 7.49. The molecular formula is C23H19F3N4O2. The fraction of sp³-hybridized carbons (Fsp3) is 0.261. The molecule has 1 N–H and O–H groups in total. The van der Waals surface area contributed by atoms with E-state index in [1.807, 2.05) is 6.07 Å². The summed E-state index contributed by atoms with van der Waals surface area (Å²) >= 11 is 0. The molecule has 9 heteroatoms. The Morgan fingerprint density at radius 3 is 2.59 bits per heavy atom. The van der Waals surface area contributed by atoms with Crippen LogP contribution in [0.2, 0.25) is 0 Å². The number of nitrogens with zero attached hydrogens (tertiary/aromatic N) is 3. The Morgan fingerprint density at radius 1 is 1.16 bits per heavy atom. The molecule has 6 nitrogen and oxygen atoms in total. The largest absolute Gasteiger partial charge is 0.451 e. The lowest BCUT2D eigenvalue weighted by Gasteiger charge is -2.33. The van der Waals surface area contributed by atoms with Gasteiger partial charge in [-0.3, -0.25) is 4.79 Å². The zero-order valence-electron chi connectivity index (χ0n) is 16.9. The fourth-order valence-electron chi connectivity index (χ4n) is 3.61. The van der Waals surface area contributed by atoms with Crippen molar-refractivity contribution in [3.8, 4) is 17.4 Å². The number of halogens is 3. The summed E-state index contributed by atoms with van der Waals surface area (Å²) in [5, 5.41) is 11.8. The van der Waals surface area contributed by atoms with Crippen molar-refractivity contribution in [2.45, 2.75) is 25.1 Å². The van der Waals surface area contributed by atoms with Crippen molar-refractivity contribution in [3.63, 3.8) is 0 Å². The third-order valence-corrected chi connectivity index (χ3v) is 5.34. The minimum atomic E-state index is -4.45. The number of carbonyl (C=O) groups is 1. The molecule has 2 aromatic heterocycles. The number of amides is 1. The van der Waals surface area contributed by atoms with Crippen molar-refractivity contribution < 1.29 is 22.4 Å². The highest BCUT2D eigenvalue weighted by molar-refractivity contribution is 5.92. The zero-order chi connectivity index (χ0) is 22.7. The summed E-state index contributed by atoms with van der Waals surface area (Å²) in [5.74, 6) is 0.625. The molecule has 0 unspecified atom stereocenters. The summed E-state index contributed by atoms with van der Waals surface area (Å²) in [4.78, 5) is 18.9. The SMILES string of the molecule is N#Cc1ccc(N2CCC(NC(=O)c3ccc(-c4cccc(C(F)(F)F)c4)o3)CC2)nc1. The molecule has 0 radical (unpaired) electrons. The lowest BCUT2D eigenvalue weighted by molar-refractivity contribution is -0.137. The average molecular weight is 440 g/mol. The van der Waals surface area contributed by atoms with Crippen LogP contribution in [0.15, 0.2) is 59.1 Å². The molecule has 1 amide bonds. The number of furan rings is 1. The van der Waals surface area contributed by atoms with Crippen molar-refractivity contribution in [2.75, 3.05) is 18.0 Å². The highest BCUT2D eigenvalue weighted by atomic mass is 19.4. The molecule has 1 fully saturated rings. The van der Waals surface area contributed by atoms with Crippen molar-refractivity contribution >= 4 is 11.7 Å². The fourth-order valence-corrected chi connectivity index (χ4v) is 3.61. The first-order valence-electron chi connectivity index (χ1n) is 10.0. The van der Waals surface area contributed by atoms with E-state index in [9.17, 15) is 18.0 Å². The number of hydrogen-bond acceptors (Lipinski definition) is 5. The Balaban J connectivity index is 1.35. The van der Waals surface area contributed by atoms with Gasteiger partial charge >= 0.3 is 6.18 Å². The Hall–Kier alpha value is -3.80. The molecule has 4 rings (SSSR count). The normalized spacial score (nSPS) is 14.8. The number of carbonyl (C=O) groups excluding carboxylic acids is 1. The molecule has 3 aromatic rings. The van der Waals surface area contributed by atoms with Gasteiger partial charge in [0.05, 0.1) is 11.1 Å². The maximum Gasteiger partial charge on any atom is 0.416 e.